The average Bonchev–Trinajstić information content (AvgIpc) is 2.56. The normalized spacial score (nSPS) is 14.1. The molecule has 0 saturated carbocycles. The maximum atomic E-state index is 10.9. The van der Waals surface area contributed by atoms with E-state index in [1.165, 1.54) is 11.3 Å². The zero-order valence-corrected chi connectivity index (χ0v) is 9.33. The summed E-state index contributed by atoms with van der Waals surface area (Å²) in [5, 5.41) is 10.9. The summed E-state index contributed by atoms with van der Waals surface area (Å²) >= 11 is 2.93. The molecule has 2 nitrogen and oxygen atoms in total. The van der Waals surface area contributed by atoms with Crippen LogP contribution in [0.4, 0.5) is 0 Å². The van der Waals surface area contributed by atoms with Gasteiger partial charge in [0.2, 0.25) is 0 Å². The summed E-state index contributed by atoms with van der Waals surface area (Å²) in [6, 6.07) is 0. The summed E-state index contributed by atoms with van der Waals surface area (Å²) in [5.74, 6) is -1.04. The molecule has 0 radical (unpaired) electrons. The van der Waals surface area contributed by atoms with Gasteiger partial charge in [-0.2, -0.15) is 0 Å². The minimum atomic E-state index is -1.04. The molecule has 0 aromatic carbocycles. The SMILES string of the molecule is CSc1sc(C(=O)[O-])c2c1C=CCC2. The summed E-state index contributed by atoms with van der Waals surface area (Å²) in [7, 11) is 0. The van der Waals surface area contributed by atoms with Crippen LogP contribution in [0.2, 0.25) is 0 Å². The van der Waals surface area contributed by atoms with Gasteiger partial charge in [-0.3, -0.25) is 0 Å². The van der Waals surface area contributed by atoms with E-state index < -0.39 is 5.97 Å². The van der Waals surface area contributed by atoms with Gasteiger partial charge >= 0.3 is 0 Å². The number of carboxylic acid groups (broad SMARTS) is 1. The van der Waals surface area contributed by atoms with Crippen molar-refractivity contribution in [3.8, 4) is 0 Å². The first kappa shape index (κ1) is 9.80. The van der Waals surface area contributed by atoms with Crippen LogP contribution in [0.1, 0.15) is 27.2 Å². The van der Waals surface area contributed by atoms with Crippen molar-refractivity contribution in [3.63, 3.8) is 0 Å². The monoisotopic (exact) mass is 225 g/mol. The molecular weight excluding hydrogens is 216 g/mol. The van der Waals surface area contributed by atoms with Crippen molar-refractivity contribution in [1.29, 1.82) is 0 Å². The van der Waals surface area contributed by atoms with Crippen LogP contribution in [0.15, 0.2) is 10.3 Å². The van der Waals surface area contributed by atoms with E-state index in [9.17, 15) is 9.90 Å². The third kappa shape index (κ3) is 1.48. The predicted molar refractivity (Wildman–Crippen MR) is 57.8 cm³/mol. The van der Waals surface area contributed by atoms with Gasteiger partial charge in [0.1, 0.15) is 0 Å². The molecule has 0 atom stereocenters. The Morgan fingerprint density at radius 1 is 1.64 bits per heavy atom. The molecule has 14 heavy (non-hydrogen) atoms. The van der Waals surface area contributed by atoms with E-state index in [-0.39, 0.29) is 0 Å². The number of rotatable bonds is 2. The van der Waals surface area contributed by atoms with Crippen molar-refractivity contribution in [1.82, 2.24) is 0 Å². The van der Waals surface area contributed by atoms with Crippen molar-refractivity contribution < 1.29 is 9.90 Å². The van der Waals surface area contributed by atoms with Gasteiger partial charge < -0.3 is 9.90 Å². The molecule has 0 amide bonds. The Labute approximate surface area is 90.6 Å². The highest BCUT2D eigenvalue weighted by Gasteiger charge is 2.17. The number of aromatic carboxylic acids is 1. The second-order valence-corrected chi connectivity index (χ2v) is 5.14. The molecule has 1 heterocycles. The lowest BCUT2D eigenvalue weighted by Crippen LogP contribution is -2.22. The predicted octanol–water partition coefficient (Wildman–Crippen LogP) is 1.79. The van der Waals surface area contributed by atoms with Gasteiger partial charge in [0.15, 0.2) is 0 Å². The Morgan fingerprint density at radius 2 is 2.43 bits per heavy atom. The van der Waals surface area contributed by atoms with E-state index in [0.29, 0.717) is 4.88 Å². The summed E-state index contributed by atoms with van der Waals surface area (Å²) in [6.45, 7) is 0. The number of allylic oxidation sites excluding steroid dienone is 1. The summed E-state index contributed by atoms with van der Waals surface area (Å²) < 4.78 is 1.08. The fraction of sp³-hybridized carbons (Fsp3) is 0.300. The van der Waals surface area contributed by atoms with Crippen molar-refractivity contribution in [2.24, 2.45) is 0 Å². The van der Waals surface area contributed by atoms with Crippen molar-refractivity contribution in [3.05, 3.63) is 22.1 Å². The maximum Gasteiger partial charge on any atom is 0.0818 e. The number of hydrogen-bond donors (Lipinski definition) is 0. The average molecular weight is 225 g/mol. The number of fused-ring (bicyclic) bond motifs is 1. The second kappa shape index (κ2) is 3.79. The number of thiophene rings is 1. The molecule has 4 heteroatoms. The number of carbonyl (C=O) groups excluding carboxylic acids is 1. The minimum absolute atomic E-state index is 0.411. The lowest BCUT2D eigenvalue weighted by atomic mass is 10.00. The lowest BCUT2D eigenvalue weighted by molar-refractivity contribution is -0.254. The lowest BCUT2D eigenvalue weighted by Gasteiger charge is -2.08. The molecule has 1 aromatic heterocycles. The third-order valence-electron chi connectivity index (χ3n) is 2.23. The first-order chi connectivity index (χ1) is 6.74. The molecule has 1 aromatic rings. The standard InChI is InChI=1S/C10H10O2S2/c1-13-10-7-5-3-2-4-6(7)8(14-10)9(11)12/h3,5H,2,4H2,1H3,(H,11,12)/p-1. The zero-order chi connectivity index (χ0) is 10.1. The number of carbonyl (C=O) groups is 1. The smallest absolute Gasteiger partial charge is 0.0818 e. The first-order valence-corrected chi connectivity index (χ1v) is 6.35. The van der Waals surface area contributed by atoms with E-state index in [1.807, 2.05) is 12.3 Å². The Morgan fingerprint density at radius 3 is 3.07 bits per heavy atom. The van der Waals surface area contributed by atoms with E-state index in [2.05, 4.69) is 6.08 Å². The first-order valence-electron chi connectivity index (χ1n) is 4.31. The van der Waals surface area contributed by atoms with Gasteiger partial charge in [-0.05, 0) is 24.7 Å². The minimum Gasteiger partial charge on any atom is -0.544 e. The van der Waals surface area contributed by atoms with Gasteiger partial charge in [-0.25, -0.2) is 0 Å². The van der Waals surface area contributed by atoms with Crippen LogP contribution in [0.25, 0.3) is 6.08 Å². The topological polar surface area (TPSA) is 40.1 Å². The van der Waals surface area contributed by atoms with Gasteiger partial charge in [0.05, 0.1) is 15.1 Å². The van der Waals surface area contributed by atoms with Crippen LogP contribution in [-0.2, 0) is 6.42 Å². The molecular formula is C10H9O2S2-. The van der Waals surface area contributed by atoms with E-state index in [0.717, 1.165) is 28.2 Å². The maximum absolute atomic E-state index is 10.9. The summed E-state index contributed by atoms with van der Waals surface area (Å²) in [6.07, 6.45) is 7.83. The van der Waals surface area contributed by atoms with Crippen LogP contribution in [0.3, 0.4) is 0 Å². The number of carboxylic acids is 1. The number of thioether (sulfide) groups is 1. The van der Waals surface area contributed by atoms with E-state index >= 15 is 0 Å². The molecule has 2 rings (SSSR count). The molecule has 0 unspecified atom stereocenters. The largest absolute Gasteiger partial charge is 0.544 e. The number of hydrogen-bond acceptors (Lipinski definition) is 4. The van der Waals surface area contributed by atoms with E-state index in [1.54, 1.807) is 11.8 Å². The molecule has 0 saturated heterocycles. The Kier molecular flexibility index (Phi) is 2.65. The Balaban J connectivity index is 2.59. The molecule has 1 aliphatic carbocycles. The quantitative estimate of drug-likeness (QED) is 0.720. The van der Waals surface area contributed by atoms with Gasteiger partial charge in [-0.1, -0.05) is 12.2 Å². The van der Waals surface area contributed by atoms with Crippen molar-refractivity contribution >= 4 is 35.1 Å². The summed E-state index contributed by atoms with van der Waals surface area (Å²) in [5.41, 5.74) is 2.05. The molecule has 0 N–H and O–H groups in total. The molecule has 74 valence electrons. The second-order valence-electron chi connectivity index (χ2n) is 3.04. The highest BCUT2D eigenvalue weighted by molar-refractivity contribution is 8.00. The van der Waals surface area contributed by atoms with Crippen LogP contribution < -0.4 is 5.11 Å². The van der Waals surface area contributed by atoms with Crippen LogP contribution in [0.5, 0.6) is 0 Å². The van der Waals surface area contributed by atoms with Crippen LogP contribution in [0, 0.1) is 0 Å². The van der Waals surface area contributed by atoms with Gasteiger partial charge in [0, 0.05) is 5.56 Å². The Hall–Kier alpha value is -0.740. The summed E-state index contributed by atoms with van der Waals surface area (Å²) in [4.78, 5) is 11.3. The molecule has 0 bridgehead atoms. The fourth-order valence-electron chi connectivity index (χ4n) is 1.62. The van der Waals surface area contributed by atoms with E-state index in [4.69, 9.17) is 0 Å². The molecule has 0 fully saturated rings. The van der Waals surface area contributed by atoms with Crippen LogP contribution >= 0.6 is 23.1 Å². The fourth-order valence-corrected chi connectivity index (χ4v) is 3.52. The van der Waals surface area contributed by atoms with Crippen molar-refractivity contribution in [2.45, 2.75) is 17.1 Å². The molecule has 0 spiro atoms. The molecule has 1 aliphatic rings. The van der Waals surface area contributed by atoms with Gasteiger partial charge in [-0.15, -0.1) is 23.1 Å². The molecule has 0 aliphatic heterocycles. The third-order valence-corrected chi connectivity index (χ3v) is 4.59. The zero-order valence-electron chi connectivity index (χ0n) is 7.70. The van der Waals surface area contributed by atoms with Crippen molar-refractivity contribution in [2.75, 3.05) is 6.26 Å². The Bertz CT molecular complexity index is 404. The van der Waals surface area contributed by atoms with Gasteiger partial charge in [0.25, 0.3) is 0 Å². The highest BCUT2D eigenvalue weighted by Crippen LogP contribution is 2.38. The van der Waals surface area contributed by atoms with Crippen LogP contribution in [-0.4, -0.2) is 12.2 Å². The highest BCUT2D eigenvalue weighted by atomic mass is 32.2.